The fraction of sp³-hybridized carbons (Fsp3) is 0.250. The Hall–Kier alpha value is -1.69. The van der Waals surface area contributed by atoms with E-state index in [0.717, 1.165) is 0 Å². The van der Waals surface area contributed by atoms with Gasteiger partial charge in [-0.2, -0.15) is 8.42 Å². The first kappa shape index (κ1) is 14.4. The quantitative estimate of drug-likeness (QED) is 0.609. The predicted molar refractivity (Wildman–Crippen MR) is 65.0 cm³/mol. The molecule has 98 valence electrons. The summed E-state index contributed by atoms with van der Waals surface area (Å²) in [4.78, 5) is 10.6. The van der Waals surface area contributed by atoms with Crippen LogP contribution in [0, 0.1) is 0 Å². The molecule has 0 amide bonds. The third kappa shape index (κ3) is 4.29. The van der Waals surface area contributed by atoms with Crippen LogP contribution < -0.4 is 0 Å². The number of esters is 1. The zero-order chi connectivity index (χ0) is 13.6. The lowest BCUT2D eigenvalue weighted by molar-refractivity contribution is -0.142. The number of halogens is 1. The SMILES string of the molecule is CCOC(=O)CC=Cc1ccccc1S(=O)(=O)F. The maximum absolute atomic E-state index is 12.9. The Balaban J connectivity index is 2.86. The molecule has 0 aliphatic rings. The summed E-state index contributed by atoms with van der Waals surface area (Å²) in [5.41, 5.74) is 0.198. The minimum Gasteiger partial charge on any atom is -0.466 e. The van der Waals surface area contributed by atoms with Gasteiger partial charge in [0.2, 0.25) is 0 Å². The second kappa shape index (κ2) is 6.30. The third-order valence-corrected chi connectivity index (χ3v) is 2.97. The van der Waals surface area contributed by atoms with Gasteiger partial charge in [0.05, 0.1) is 13.0 Å². The molecule has 0 saturated heterocycles. The second-order valence-corrected chi connectivity index (χ2v) is 4.70. The van der Waals surface area contributed by atoms with Gasteiger partial charge in [-0.05, 0) is 18.6 Å². The Labute approximate surface area is 105 Å². The molecule has 1 aromatic rings. The van der Waals surface area contributed by atoms with Crippen LogP contribution in [0.3, 0.4) is 0 Å². The average molecular weight is 272 g/mol. The molecule has 0 N–H and O–H groups in total. The molecule has 0 saturated carbocycles. The Bertz CT molecular complexity index is 549. The molecule has 0 aliphatic carbocycles. The summed E-state index contributed by atoms with van der Waals surface area (Å²) in [7, 11) is -4.76. The summed E-state index contributed by atoms with van der Waals surface area (Å²) in [6.07, 6.45) is 2.82. The highest BCUT2D eigenvalue weighted by molar-refractivity contribution is 7.86. The number of ether oxygens (including phenoxy) is 1. The molecule has 0 atom stereocenters. The van der Waals surface area contributed by atoms with Gasteiger partial charge >= 0.3 is 16.2 Å². The minimum atomic E-state index is -4.76. The molecule has 0 aliphatic heterocycles. The number of carbonyl (C=O) groups excluding carboxylic acids is 1. The fourth-order valence-electron chi connectivity index (χ4n) is 1.34. The van der Waals surface area contributed by atoms with Crippen molar-refractivity contribution in [1.29, 1.82) is 0 Å². The molecule has 1 aromatic carbocycles. The fourth-order valence-corrected chi connectivity index (χ4v) is 2.00. The molecule has 6 heteroatoms. The van der Waals surface area contributed by atoms with Gasteiger partial charge in [0.15, 0.2) is 0 Å². The van der Waals surface area contributed by atoms with Gasteiger partial charge in [0.1, 0.15) is 4.90 Å². The van der Waals surface area contributed by atoms with Crippen molar-refractivity contribution in [2.45, 2.75) is 18.2 Å². The summed E-state index contributed by atoms with van der Waals surface area (Å²) in [6.45, 7) is 1.97. The van der Waals surface area contributed by atoms with E-state index < -0.39 is 21.1 Å². The molecule has 0 fully saturated rings. The Morgan fingerprint density at radius 2 is 2.06 bits per heavy atom. The van der Waals surface area contributed by atoms with Crippen LogP contribution in [0.2, 0.25) is 0 Å². The molecule has 0 aromatic heterocycles. The standard InChI is InChI=1S/C12H13FO4S/c1-2-17-12(14)9-5-7-10-6-3-4-8-11(10)18(13,15)16/h3-8H,2,9H2,1H3. The van der Waals surface area contributed by atoms with Crippen molar-refractivity contribution >= 4 is 22.3 Å². The van der Waals surface area contributed by atoms with Gasteiger partial charge < -0.3 is 4.74 Å². The molecule has 1 rings (SSSR count). The molecule has 4 nitrogen and oxygen atoms in total. The summed E-state index contributed by atoms with van der Waals surface area (Å²) >= 11 is 0. The normalized spacial score (nSPS) is 11.7. The Morgan fingerprint density at radius 1 is 1.39 bits per heavy atom. The van der Waals surface area contributed by atoms with Crippen LogP contribution in [0.1, 0.15) is 18.9 Å². The van der Waals surface area contributed by atoms with Gasteiger partial charge in [0, 0.05) is 0 Å². The van der Waals surface area contributed by atoms with Crippen LogP contribution in [0.5, 0.6) is 0 Å². The van der Waals surface area contributed by atoms with E-state index in [0.29, 0.717) is 0 Å². The van der Waals surface area contributed by atoms with Crippen LogP contribution in [0.15, 0.2) is 35.2 Å². The van der Waals surface area contributed by atoms with Crippen LogP contribution in [-0.4, -0.2) is 21.0 Å². The number of hydrogen-bond donors (Lipinski definition) is 0. The van der Waals surface area contributed by atoms with Gasteiger partial charge in [-0.25, -0.2) is 0 Å². The number of rotatable bonds is 5. The highest BCUT2D eigenvalue weighted by Crippen LogP contribution is 2.19. The van der Waals surface area contributed by atoms with Gasteiger partial charge in [0.25, 0.3) is 0 Å². The lowest BCUT2D eigenvalue weighted by atomic mass is 10.2. The van der Waals surface area contributed by atoms with Crippen molar-refractivity contribution in [2.24, 2.45) is 0 Å². The van der Waals surface area contributed by atoms with E-state index >= 15 is 0 Å². The number of carbonyl (C=O) groups is 1. The third-order valence-electron chi connectivity index (χ3n) is 2.07. The number of benzene rings is 1. The minimum absolute atomic E-state index is 0.00844. The smallest absolute Gasteiger partial charge is 0.332 e. The summed E-state index contributed by atoms with van der Waals surface area (Å²) < 4.78 is 39.4. The van der Waals surface area contributed by atoms with Crippen molar-refractivity contribution in [3.63, 3.8) is 0 Å². The number of hydrogen-bond acceptors (Lipinski definition) is 4. The molecule has 0 heterocycles. The molecule has 0 radical (unpaired) electrons. The zero-order valence-electron chi connectivity index (χ0n) is 9.80. The topological polar surface area (TPSA) is 60.4 Å². The van der Waals surface area contributed by atoms with Crippen molar-refractivity contribution in [3.8, 4) is 0 Å². The van der Waals surface area contributed by atoms with Gasteiger partial charge in [-0.15, -0.1) is 3.89 Å². The van der Waals surface area contributed by atoms with Crippen molar-refractivity contribution in [1.82, 2.24) is 0 Å². The maximum atomic E-state index is 12.9. The molecule has 18 heavy (non-hydrogen) atoms. The largest absolute Gasteiger partial charge is 0.466 e. The second-order valence-electron chi connectivity index (χ2n) is 3.39. The van der Waals surface area contributed by atoms with E-state index in [2.05, 4.69) is 0 Å². The monoisotopic (exact) mass is 272 g/mol. The van der Waals surface area contributed by atoms with Crippen LogP contribution in [-0.2, 0) is 19.8 Å². The molecule has 0 unspecified atom stereocenters. The van der Waals surface area contributed by atoms with Gasteiger partial charge in [-0.1, -0.05) is 30.4 Å². The summed E-state index contributed by atoms with van der Waals surface area (Å²) in [5.74, 6) is -0.422. The first-order valence-electron chi connectivity index (χ1n) is 5.31. The van der Waals surface area contributed by atoms with Crippen molar-refractivity contribution in [2.75, 3.05) is 6.61 Å². The van der Waals surface area contributed by atoms with Crippen LogP contribution in [0.25, 0.3) is 6.08 Å². The zero-order valence-corrected chi connectivity index (χ0v) is 10.6. The van der Waals surface area contributed by atoms with E-state index in [1.807, 2.05) is 0 Å². The summed E-state index contributed by atoms with van der Waals surface area (Å²) in [6, 6.07) is 5.63. The lowest BCUT2D eigenvalue weighted by Gasteiger charge is -2.00. The summed E-state index contributed by atoms with van der Waals surface area (Å²) in [5, 5.41) is 0. The maximum Gasteiger partial charge on any atom is 0.332 e. The van der Waals surface area contributed by atoms with E-state index in [1.54, 1.807) is 13.0 Å². The highest BCUT2D eigenvalue weighted by atomic mass is 32.3. The van der Waals surface area contributed by atoms with E-state index in [1.165, 1.54) is 30.4 Å². The van der Waals surface area contributed by atoms with E-state index in [-0.39, 0.29) is 18.6 Å². The first-order chi connectivity index (χ1) is 8.45. The van der Waals surface area contributed by atoms with Gasteiger partial charge in [-0.3, -0.25) is 4.79 Å². The van der Waals surface area contributed by atoms with Crippen molar-refractivity contribution in [3.05, 3.63) is 35.9 Å². The van der Waals surface area contributed by atoms with E-state index in [4.69, 9.17) is 4.74 Å². The Morgan fingerprint density at radius 3 is 2.67 bits per heavy atom. The average Bonchev–Trinajstić information content (AvgIpc) is 2.28. The first-order valence-corrected chi connectivity index (χ1v) is 6.69. The van der Waals surface area contributed by atoms with Crippen molar-refractivity contribution < 1.29 is 21.8 Å². The lowest BCUT2D eigenvalue weighted by Crippen LogP contribution is -2.01. The van der Waals surface area contributed by atoms with Crippen LogP contribution in [0.4, 0.5) is 3.89 Å². The molecule has 0 spiro atoms. The molecular formula is C12H13FO4S. The predicted octanol–water partition coefficient (Wildman–Crippen LogP) is 2.31. The van der Waals surface area contributed by atoms with Crippen LogP contribution >= 0.6 is 0 Å². The Kier molecular flexibility index (Phi) is 5.03. The van der Waals surface area contributed by atoms with E-state index in [9.17, 15) is 17.1 Å². The molecule has 0 bridgehead atoms. The highest BCUT2D eigenvalue weighted by Gasteiger charge is 2.14. The molecular weight excluding hydrogens is 259 g/mol.